The van der Waals surface area contributed by atoms with Gasteiger partial charge in [-0.1, -0.05) is 77.3 Å². The third-order valence-corrected chi connectivity index (χ3v) is 5.14. The van der Waals surface area contributed by atoms with Crippen LogP contribution in [0.2, 0.25) is 0 Å². The highest BCUT2D eigenvalue weighted by Gasteiger charge is 1.97. The maximum atomic E-state index is 5.73. The van der Waals surface area contributed by atoms with E-state index < -0.39 is 0 Å². The smallest absolute Gasteiger partial charge is 0.119 e. The van der Waals surface area contributed by atoms with Crippen molar-refractivity contribution in [2.24, 2.45) is 10.2 Å². The number of aryl methyl sites for hydroxylation is 1. The molecule has 0 radical (unpaired) electrons. The van der Waals surface area contributed by atoms with E-state index >= 15 is 0 Å². The number of hydrogen-bond acceptors (Lipinski definition) is 3. The van der Waals surface area contributed by atoms with E-state index in [1.807, 2.05) is 24.3 Å². The average Bonchev–Trinajstić information content (AvgIpc) is 2.76. The summed E-state index contributed by atoms with van der Waals surface area (Å²) in [6.07, 6.45) is 14.2. The molecule has 0 spiro atoms. The molecule has 0 atom stereocenters. The van der Waals surface area contributed by atoms with Gasteiger partial charge in [-0.25, -0.2) is 0 Å². The van der Waals surface area contributed by atoms with Crippen LogP contribution in [0.4, 0.5) is 11.4 Å². The van der Waals surface area contributed by atoms with E-state index in [1.54, 1.807) is 0 Å². The molecule has 29 heavy (non-hydrogen) atoms. The second-order valence-electron chi connectivity index (χ2n) is 7.79. The first-order valence-corrected chi connectivity index (χ1v) is 11.6. The van der Waals surface area contributed by atoms with Gasteiger partial charge in [0.05, 0.1) is 18.0 Å². The lowest BCUT2D eigenvalue weighted by Gasteiger charge is -2.05. The van der Waals surface area contributed by atoms with Gasteiger partial charge in [0.2, 0.25) is 0 Å². The summed E-state index contributed by atoms with van der Waals surface area (Å²) < 4.78 is 5.73. The Morgan fingerprint density at radius 3 is 1.72 bits per heavy atom. The SMILES string of the molecule is CCCCCCCCCc1ccc(N=Nc2ccc(OCCCCC)cc2)cc1. The maximum absolute atomic E-state index is 5.73. The van der Waals surface area contributed by atoms with Crippen molar-refractivity contribution < 1.29 is 4.74 Å². The number of rotatable bonds is 15. The molecule has 158 valence electrons. The fraction of sp³-hybridized carbons (Fsp3) is 0.538. The number of unbranched alkanes of at least 4 members (excludes halogenated alkanes) is 8. The highest BCUT2D eigenvalue weighted by atomic mass is 16.5. The Bertz CT molecular complexity index is 677. The van der Waals surface area contributed by atoms with Crippen molar-refractivity contribution in [3.63, 3.8) is 0 Å². The summed E-state index contributed by atoms with van der Waals surface area (Å²) in [4.78, 5) is 0. The Kier molecular flexibility index (Phi) is 11.8. The van der Waals surface area contributed by atoms with E-state index in [-0.39, 0.29) is 0 Å². The quantitative estimate of drug-likeness (QED) is 0.219. The normalized spacial score (nSPS) is 11.2. The van der Waals surface area contributed by atoms with Crippen LogP contribution in [0.1, 0.15) is 83.6 Å². The molecule has 3 nitrogen and oxygen atoms in total. The summed E-state index contributed by atoms with van der Waals surface area (Å²) in [6, 6.07) is 16.3. The van der Waals surface area contributed by atoms with Crippen LogP contribution >= 0.6 is 0 Å². The molecule has 2 aromatic carbocycles. The van der Waals surface area contributed by atoms with Crippen molar-refractivity contribution in [1.82, 2.24) is 0 Å². The van der Waals surface area contributed by atoms with Crippen molar-refractivity contribution in [2.75, 3.05) is 6.61 Å². The fourth-order valence-corrected chi connectivity index (χ4v) is 3.28. The fourth-order valence-electron chi connectivity index (χ4n) is 3.28. The largest absolute Gasteiger partial charge is 0.494 e. The second-order valence-corrected chi connectivity index (χ2v) is 7.79. The van der Waals surface area contributed by atoms with Gasteiger partial charge in [0.25, 0.3) is 0 Å². The molecule has 2 rings (SSSR count). The van der Waals surface area contributed by atoms with Crippen LogP contribution in [-0.4, -0.2) is 6.61 Å². The minimum absolute atomic E-state index is 0.778. The molecule has 0 aliphatic rings. The van der Waals surface area contributed by atoms with Gasteiger partial charge in [-0.15, -0.1) is 0 Å². The van der Waals surface area contributed by atoms with Crippen molar-refractivity contribution in [2.45, 2.75) is 84.5 Å². The summed E-state index contributed by atoms with van der Waals surface area (Å²) in [5, 5.41) is 8.69. The molecule has 2 aromatic rings. The van der Waals surface area contributed by atoms with E-state index in [0.717, 1.165) is 36.6 Å². The van der Waals surface area contributed by atoms with Crippen LogP contribution in [0.3, 0.4) is 0 Å². The Morgan fingerprint density at radius 1 is 0.586 bits per heavy atom. The number of ether oxygens (including phenoxy) is 1. The zero-order valence-corrected chi connectivity index (χ0v) is 18.4. The minimum atomic E-state index is 0.778. The van der Waals surface area contributed by atoms with E-state index in [9.17, 15) is 0 Å². The van der Waals surface area contributed by atoms with Gasteiger partial charge in [-0.3, -0.25) is 0 Å². The van der Waals surface area contributed by atoms with Crippen molar-refractivity contribution in [3.05, 3.63) is 54.1 Å². The first-order valence-electron chi connectivity index (χ1n) is 11.6. The van der Waals surface area contributed by atoms with Gasteiger partial charge in [0, 0.05) is 0 Å². The third kappa shape index (κ3) is 10.3. The van der Waals surface area contributed by atoms with Crippen LogP contribution in [0, 0.1) is 0 Å². The highest BCUT2D eigenvalue weighted by Crippen LogP contribution is 2.22. The molecule has 0 bridgehead atoms. The van der Waals surface area contributed by atoms with Crippen LogP contribution in [-0.2, 0) is 6.42 Å². The molecule has 0 saturated carbocycles. The maximum Gasteiger partial charge on any atom is 0.119 e. The van der Waals surface area contributed by atoms with Crippen LogP contribution < -0.4 is 4.74 Å². The minimum Gasteiger partial charge on any atom is -0.494 e. The van der Waals surface area contributed by atoms with Crippen LogP contribution in [0.25, 0.3) is 0 Å². The predicted molar refractivity (Wildman–Crippen MR) is 124 cm³/mol. The van der Waals surface area contributed by atoms with Gasteiger partial charge < -0.3 is 4.74 Å². The lowest BCUT2D eigenvalue weighted by atomic mass is 10.0. The summed E-state index contributed by atoms with van der Waals surface area (Å²) in [6.45, 7) is 5.24. The highest BCUT2D eigenvalue weighted by molar-refractivity contribution is 5.43. The number of hydrogen-bond donors (Lipinski definition) is 0. The summed E-state index contributed by atoms with van der Waals surface area (Å²) in [7, 11) is 0. The van der Waals surface area contributed by atoms with Gasteiger partial charge in [-0.2, -0.15) is 10.2 Å². The molecule has 0 amide bonds. The Balaban J connectivity index is 1.69. The van der Waals surface area contributed by atoms with Crippen molar-refractivity contribution >= 4 is 11.4 Å². The Morgan fingerprint density at radius 2 is 1.10 bits per heavy atom. The lowest BCUT2D eigenvalue weighted by molar-refractivity contribution is 0.306. The lowest BCUT2D eigenvalue weighted by Crippen LogP contribution is -1.96. The van der Waals surface area contributed by atoms with E-state index in [4.69, 9.17) is 4.74 Å². The number of azo groups is 1. The molecule has 0 fully saturated rings. The topological polar surface area (TPSA) is 34.0 Å². The van der Waals surface area contributed by atoms with Gasteiger partial charge in [0.15, 0.2) is 0 Å². The molecule has 0 unspecified atom stereocenters. The first kappa shape index (κ1) is 23.1. The standard InChI is InChI=1S/C26H38N2O/c1-3-5-7-8-9-10-11-13-23-14-16-24(17-15-23)27-28-25-18-20-26(21-19-25)29-22-12-6-4-2/h14-21H,3-13,22H2,1-2H3. The summed E-state index contributed by atoms with van der Waals surface area (Å²) in [5.41, 5.74) is 3.13. The molecule has 0 saturated heterocycles. The predicted octanol–water partition coefficient (Wildman–Crippen LogP) is 8.96. The van der Waals surface area contributed by atoms with E-state index in [2.05, 4.69) is 48.3 Å². The second kappa shape index (κ2) is 14.8. The summed E-state index contributed by atoms with van der Waals surface area (Å²) >= 11 is 0. The Hall–Kier alpha value is -2.16. The molecule has 0 heterocycles. The molecule has 0 aromatic heterocycles. The molecule has 0 aliphatic carbocycles. The van der Waals surface area contributed by atoms with E-state index in [0.29, 0.717) is 0 Å². The van der Waals surface area contributed by atoms with Crippen LogP contribution in [0.5, 0.6) is 5.75 Å². The number of benzene rings is 2. The molecule has 0 aliphatic heterocycles. The zero-order chi connectivity index (χ0) is 20.6. The van der Waals surface area contributed by atoms with Crippen LogP contribution in [0.15, 0.2) is 58.8 Å². The van der Waals surface area contributed by atoms with Gasteiger partial charge >= 0.3 is 0 Å². The molecular weight excluding hydrogens is 356 g/mol. The van der Waals surface area contributed by atoms with Crippen molar-refractivity contribution in [1.29, 1.82) is 0 Å². The number of nitrogens with zero attached hydrogens (tertiary/aromatic N) is 2. The molecule has 3 heteroatoms. The monoisotopic (exact) mass is 394 g/mol. The molecular formula is C26H38N2O. The zero-order valence-electron chi connectivity index (χ0n) is 18.4. The van der Waals surface area contributed by atoms with Gasteiger partial charge in [0.1, 0.15) is 5.75 Å². The van der Waals surface area contributed by atoms with Gasteiger partial charge in [-0.05, 0) is 61.2 Å². The van der Waals surface area contributed by atoms with E-state index in [1.165, 1.54) is 63.4 Å². The Labute approximate surface area is 177 Å². The third-order valence-electron chi connectivity index (χ3n) is 5.14. The first-order chi connectivity index (χ1) is 14.3. The summed E-state index contributed by atoms with van der Waals surface area (Å²) in [5.74, 6) is 0.898. The van der Waals surface area contributed by atoms with Crippen molar-refractivity contribution in [3.8, 4) is 5.75 Å². The molecule has 0 N–H and O–H groups in total. The average molecular weight is 395 g/mol.